The number of aryl methyl sites for hydroxylation is 2. The molecule has 37 heavy (non-hydrogen) atoms. The van der Waals surface area contributed by atoms with E-state index in [-0.39, 0.29) is 11.8 Å². The van der Waals surface area contributed by atoms with E-state index in [1.165, 1.54) is 5.56 Å². The Kier molecular flexibility index (Phi) is 9.68. The second kappa shape index (κ2) is 12.7. The number of nitrogens with one attached hydrogen (secondary N) is 1. The summed E-state index contributed by atoms with van der Waals surface area (Å²) in [7, 11) is 0. The first-order valence-electron chi connectivity index (χ1n) is 13.3. The van der Waals surface area contributed by atoms with Gasteiger partial charge in [0.25, 0.3) is 0 Å². The van der Waals surface area contributed by atoms with Crippen molar-refractivity contribution in [3.63, 3.8) is 0 Å². The molecule has 4 heteroatoms. The summed E-state index contributed by atoms with van der Waals surface area (Å²) in [5, 5.41) is 3.13. The van der Waals surface area contributed by atoms with Crippen LogP contribution < -0.4 is 5.32 Å². The van der Waals surface area contributed by atoms with E-state index in [0.29, 0.717) is 31.7 Å². The minimum atomic E-state index is -0.613. The fourth-order valence-electron chi connectivity index (χ4n) is 4.48. The van der Waals surface area contributed by atoms with Gasteiger partial charge in [0, 0.05) is 24.9 Å². The summed E-state index contributed by atoms with van der Waals surface area (Å²) in [6, 6.07) is 26.0. The molecule has 1 unspecified atom stereocenters. The topological polar surface area (TPSA) is 49.4 Å². The summed E-state index contributed by atoms with van der Waals surface area (Å²) in [4.78, 5) is 29.2. The molecule has 2 amide bonds. The van der Waals surface area contributed by atoms with Crippen molar-refractivity contribution in [3.8, 4) is 0 Å². The molecule has 0 heterocycles. The van der Waals surface area contributed by atoms with E-state index >= 15 is 0 Å². The number of nitrogens with zero attached hydrogens (tertiary/aromatic N) is 1. The van der Waals surface area contributed by atoms with Crippen molar-refractivity contribution in [1.29, 1.82) is 0 Å². The van der Waals surface area contributed by atoms with Gasteiger partial charge >= 0.3 is 0 Å². The van der Waals surface area contributed by atoms with Gasteiger partial charge in [0.1, 0.15) is 6.04 Å². The van der Waals surface area contributed by atoms with Crippen LogP contribution >= 0.6 is 0 Å². The Labute approximate surface area is 223 Å². The third kappa shape index (κ3) is 8.89. The maximum Gasteiger partial charge on any atom is 0.243 e. The lowest BCUT2D eigenvalue weighted by atomic mass is 9.98. The summed E-state index contributed by atoms with van der Waals surface area (Å²) >= 11 is 0. The SMILES string of the molecule is Cc1cccc(CN(C(=O)CCc2ccc(C(C)C)cc2)C(Cc2ccccc2)C(=O)NC(C)(C)C)c1. The summed E-state index contributed by atoms with van der Waals surface area (Å²) in [5.74, 6) is 0.332. The standard InChI is InChI=1S/C33H42N2O2/c1-24(2)29-18-15-26(16-19-29)17-20-31(36)35(23-28-14-10-11-25(3)21-28)30(32(37)34-33(4,5)6)22-27-12-8-7-9-13-27/h7-16,18-19,21,24,30H,17,20,22-23H2,1-6H3,(H,34,37). The number of hydrogen-bond donors (Lipinski definition) is 1. The van der Waals surface area contributed by atoms with Crippen LogP contribution in [0.2, 0.25) is 0 Å². The molecule has 0 fully saturated rings. The van der Waals surface area contributed by atoms with Gasteiger partial charge in [-0.25, -0.2) is 0 Å². The smallest absolute Gasteiger partial charge is 0.243 e. The van der Waals surface area contributed by atoms with E-state index in [1.54, 1.807) is 4.90 Å². The Morgan fingerprint density at radius 3 is 2.08 bits per heavy atom. The van der Waals surface area contributed by atoms with Crippen molar-refractivity contribution >= 4 is 11.8 Å². The first-order chi connectivity index (χ1) is 17.5. The van der Waals surface area contributed by atoms with Gasteiger partial charge in [-0.05, 0) is 62.3 Å². The van der Waals surface area contributed by atoms with Crippen LogP contribution in [0.4, 0.5) is 0 Å². The third-order valence-corrected chi connectivity index (χ3v) is 6.48. The van der Waals surface area contributed by atoms with Gasteiger partial charge in [-0.15, -0.1) is 0 Å². The van der Waals surface area contributed by atoms with Gasteiger partial charge < -0.3 is 10.2 Å². The lowest BCUT2D eigenvalue weighted by Crippen LogP contribution is -2.54. The summed E-state index contributed by atoms with van der Waals surface area (Å²) in [5.41, 5.74) is 5.21. The molecule has 0 saturated heterocycles. The zero-order valence-corrected chi connectivity index (χ0v) is 23.3. The molecule has 3 rings (SSSR count). The number of rotatable bonds is 10. The van der Waals surface area contributed by atoms with E-state index in [2.05, 4.69) is 49.5 Å². The number of hydrogen-bond acceptors (Lipinski definition) is 2. The van der Waals surface area contributed by atoms with Crippen LogP contribution in [0.5, 0.6) is 0 Å². The Bertz CT molecular complexity index is 1160. The van der Waals surface area contributed by atoms with E-state index < -0.39 is 11.6 Å². The minimum Gasteiger partial charge on any atom is -0.350 e. The first kappa shape index (κ1) is 28.2. The molecule has 0 aromatic heterocycles. The molecule has 0 aliphatic carbocycles. The molecule has 3 aromatic rings. The van der Waals surface area contributed by atoms with Crippen molar-refractivity contribution in [1.82, 2.24) is 10.2 Å². The summed E-state index contributed by atoms with van der Waals surface area (Å²) < 4.78 is 0. The Balaban J connectivity index is 1.90. The first-order valence-corrected chi connectivity index (χ1v) is 13.3. The molecule has 1 N–H and O–H groups in total. The van der Waals surface area contributed by atoms with E-state index in [9.17, 15) is 9.59 Å². The highest BCUT2D eigenvalue weighted by molar-refractivity contribution is 5.88. The third-order valence-electron chi connectivity index (χ3n) is 6.48. The summed E-state index contributed by atoms with van der Waals surface area (Å²) in [6.07, 6.45) is 1.45. The quantitative estimate of drug-likeness (QED) is 0.342. The predicted octanol–water partition coefficient (Wildman–Crippen LogP) is 6.61. The summed E-state index contributed by atoms with van der Waals surface area (Å²) in [6.45, 7) is 12.7. The largest absolute Gasteiger partial charge is 0.350 e. The Hall–Kier alpha value is -3.40. The van der Waals surface area contributed by atoms with Crippen molar-refractivity contribution < 1.29 is 9.59 Å². The number of amides is 2. The normalized spacial score (nSPS) is 12.3. The molecule has 0 aliphatic heterocycles. The second-order valence-corrected chi connectivity index (χ2v) is 11.4. The van der Waals surface area contributed by atoms with Crippen LogP contribution in [-0.4, -0.2) is 28.3 Å². The van der Waals surface area contributed by atoms with Crippen molar-refractivity contribution in [3.05, 3.63) is 107 Å². The second-order valence-electron chi connectivity index (χ2n) is 11.4. The van der Waals surface area contributed by atoms with Crippen LogP contribution in [0.3, 0.4) is 0 Å². The monoisotopic (exact) mass is 498 g/mol. The van der Waals surface area contributed by atoms with Gasteiger partial charge in [-0.2, -0.15) is 0 Å². The Morgan fingerprint density at radius 2 is 1.49 bits per heavy atom. The van der Waals surface area contributed by atoms with Gasteiger partial charge in [0.05, 0.1) is 0 Å². The molecule has 3 aromatic carbocycles. The zero-order chi connectivity index (χ0) is 27.0. The molecular weight excluding hydrogens is 456 g/mol. The minimum absolute atomic E-state index is 0.0144. The van der Waals surface area contributed by atoms with E-state index in [0.717, 1.165) is 22.3 Å². The van der Waals surface area contributed by atoms with Gasteiger partial charge in [0.2, 0.25) is 11.8 Å². The van der Waals surface area contributed by atoms with Crippen molar-refractivity contribution in [2.75, 3.05) is 0 Å². The van der Waals surface area contributed by atoms with Crippen LogP contribution in [0.15, 0.2) is 78.9 Å². The lowest BCUT2D eigenvalue weighted by Gasteiger charge is -2.34. The average molecular weight is 499 g/mol. The highest BCUT2D eigenvalue weighted by atomic mass is 16.2. The van der Waals surface area contributed by atoms with E-state index in [4.69, 9.17) is 0 Å². The van der Waals surface area contributed by atoms with Gasteiger partial charge in [0.15, 0.2) is 0 Å². The molecule has 0 radical (unpaired) electrons. The zero-order valence-electron chi connectivity index (χ0n) is 23.3. The molecule has 0 spiro atoms. The fraction of sp³-hybridized carbons (Fsp3) is 0.394. The van der Waals surface area contributed by atoms with Crippen molar-refractivity contribution in [2.24, 2.45) is 0 Å². The van der Waals surface area contributed by atoms with Crippen LogP contribution in [0.1, 0.15) is 74.8 Å². The fourth-order valence-corrected chi connectivity index (χ4v) is 4.48. The van der Waals surface area contributed by atoms with Gasteiger partial charge in [-0.3, -0.25) is 9.59 Å². The van der Waals surface area contributed by atoms with Gasteiger partial charge in [-0.1, -0.05) is 98.3 Å². The maximum absolute atomic E-state index is 13.8. The molecular formula is C33H42N2O2. The molecule has 0 bridgehead atoms. The molecule has 4 nitrogen and oxygen atoms in total. The maximum atomic E-state index is 13.8. The predicted molar refractivity (Wildman–Crippen MR) is 152 cm³/mol. The van der Waals surface area contributed by atoms with Crippen LogP contribution in [-0.2, 0) is 29.0 Å². The lowest BCUT2D eigenvalue weighted by molar-refractivity contribution is -0.141. The molecule has 0 aliphatic rings. The number of carbonyl (C=O) groups excluding carboxylic acids is 2. The van der Waals surface area contributed by atoms with Crippen LogP contribution in [0.25, 0.3) is 0 Å². The average Bonchev–Trinajstić information content (AvgIpc) is 2.84. The number of carbonyl (C=O) groups is 2. The Morgan fingerprint density at radius 1 is 0.838 bits per heavy atom. The number of benzene rings is 3. The molecule has 1 atom stereocenters. The molecule has 0 saturated carbocycles. The highest BCUT2D eigenvalue weighted by Gasteiger charge is 2.32. The van der Waals surface area contributed by atoms with Crippen LogP contribution in [0, 0.1) is 6.92 Å². The molecule has 196 valence electrons. The van der Waals surface area contributed by atoms with Crippen molar-refractivity contribution in [2.45, 2.75) is 84.8 Å². The van der Waals surface area contributed by atoms with E-state index in [1.807, 2.05) is 76.2 Å². The highest BCUT2D eigenvalue weighted by Crippen LogP contribution is 2.20.